The molecule has 1 heterocycles. The van der Waals surface area contributed by atoms with Crippen molar-refractivity contribution in [2.45, 2.75) is 58.4 Å². The van der Waals surface area contributed by atoms with E-state index in [2.05, 4.69) is 16.0 Å². The number of carbonyl (C=O) groups excluding carboxylic acids is 3. The molecule has 0 saturated heterocycles. The minimum atomic E-state index is -0.844. The standard InChI is InChI=1S/C20H32N6O5S/c1-14(2)8-11-22-19(29)16(5-4-10-23-20(21)25-26(30)31)24-18(28)7-3-6-17(27)15-9-12-32-13-15/h9,12-14,16H,3-8,10-11H2,1-2H3,(H,22,29)(H,24,28)(H3,21,23,25)/t16-/m0/s1. The van der Waals surface area contributed by atoms with Gasteiger partial charge in [0.25, 0.3) is 5.96 Å². The van der Waals surface area contributed by atoms with Crippen LogP contribution in [-0.4, -0.2) is 47.7 Å². The number of nitrogens with one attached hydrogen (secondary N) is 5. The van der Waals surface area contributed by atoms with Gasteiger partial charge in [0.2, 0.25) is 11.8 Å². The number of hydrogen-bond acceptors (Lipinski definition) is 7. The summed E-state index contributed by atoms with van der Waals surface area (Å²) in [4.78, 5) is 47.2. The summed E-state index contributed by atoms with van der Waals surface area (Å²) >= 11 is 1.44. The number of guanidine groups is 1. The van der Waals surface area contributed by atoms with Crippen molar-refractivity contribution in [3.63, 3.8) is 0 Å². The normalized spacial score (nSPS) is 11.5. The fourth-order valence-corrected chi connectivity index (χ4v) is 3.43. The zero-order chi connectivity index (χ0) is 23.9. The molecule has 5 N–H and O–H groups in total. The molecule has 0 aliphatic carbocycles. The van der Waals surface area contributed by atoms with Crippen molar-refractivity contribution in [3.8, 4) is 0 Å². The first-order valence-electron chi connectivity index (χ1n) is 10.5. The van der Waals surface area contributed by atoms with E-state index in [9.17, 15) is 24.5 Å². The van der Waals surface area contributed by atoms with Gasteiger partial charge in [-0.05, 0) is 43.0 Å². The summed E-state index contributed by atoms with van der Waals surface area (Å²) < 4.78 is 0. The van der Waals surface area contributed by atoms with E-state index in [-0.39, 0.29) is 37.0 Å². The van der Waals surface area contributed by atoms with Crippen LogP contribution in [0.1, 0.15) is 62.7 Å². The molecule has 1 aromatic heterocycles. The predicted octanol–water partition coefficient (Wildman–Crippen LogP) is 1.83. The van der Waals surface area contributed by atoms with Gasteiger partial charge in [-0.2, -0.15) is 11.3 Å². The molecule has 1 atom stereocenters. The van der Waals surface area contributed by atoms with Gasteiger partial charge in [-0.3, -0.25) is 19.8 Å². The van der Waals surface area contributed by atoms with Crippen molar-refractivity contribution in [2.75, 3.05) is 13.1 Å². The van der Waals surface area contributed by atoms with Gasteiger partial charge in [0, 0.05) is 36.9 Å². The number of amides is 2. The second-order valence-electron chi connectivity index (χ2n) is 7.70. The van der Waals surface area contributed by atoms with Crippen molar-refractivity contribution in [3.05, 3.63) is 32.5 Å². The lowest BCUT2D eigenvalue weighted by Gasteiger charge is -2.19. The number of hydrogen-bond donors (Lipinski definition) is 5. The van der Waals surface area contributed by atoms with Gasteiger partial charge in [-0.15, -0.1) is 0 Å². The Kier molecular flexibility index (Phi) is 12.6. The van der Waals surface area contributed by atoms with E-state index in [0.717, 1.165) is 6.42 Å². The summed E-state index contributed by atoms with van der Waals surface area (Å²) in [5.74, 6) is -0.658. The molecule has 0 aliphatic rings. The Hall–Kier alpha value is -3.02. The Morgan fingerprint density at radius 2 is 1.88 bits per heavy atom. The van der Waals surface area contributed by atoms with Gasteiger partial charge in [0.1, 0.15) is 6.04 Å². The molecule has 0 radical (unpaired) electrons. The zero-order valence-corrected chi connectivity index (χ0v) is 19.3. The number of carbonyl (C=O) groups is 3. The second-order valence-corrected chi connectivity index (χ2v) is 8.48. The Labute approximate surface area is 191 Å². The monoisotopic (exact) mass is 468 g/mol. The minimum Gasteiger partial charge on any atom is -0.354 e. The summed E-state index contributed by atoms with van der Waals surface area (Å²) in [6, 6.07) is 0.987. The largest absolute Gasteiger partial charge is 0.354 e. The molecule has 1 aromatic rings. The Morgan fingerprint density at radius 1 is 1.12 bits per heavy atom. The maximum absolute atomic E-state index is 12.5. The first-order chi connectivity index (χ1) is 15.2. The van der Waals surface area contributed by atoms with Gasteiger partial charge in [0.15, 0.2) is 10.8 Å². The van der Waals surface area contributed by atoms with Gasteiger partial charge < -0.3 is 16.0 Å². The van der Waals surface area contributed by atoms with Gasteiger partial charge in [-0.1, -0.05) is 19.3 Å². The van der Waals surface area contributed by atoms with Crippen LogP contribution in [0.5, 0.6) is 0 Å². The number of thiophene rings is 1. The predicted molar refractivity (Wildman–Crippen MR) is 122 cm³/mol. The van der Waals surface area contributed by atoms with Crippen molar-refractivity contribution >= 4 is 34.9 Å². The third-order valence-electron chi connectivity index (χ3n) is 4.50. The fourth-order valence-electron chi connectivity index (χ4n) is 2.77. The van der Waals surface area contributed by atoms with E-state index in [1.165, 1.54) is 11.3 Å². The average molecular weight is 469 g/mol. The molecule has 11 nitrogen and oxygen atoms in total. The second kappa shape index (κ2) is 14.9. The Bertz CT molecular complexity index is 769. The number of Topliss-reactive ketones (excluding diaryl/α,β-unsaturated/α-hetero) is 1. The highest BCUT2D eigenvalue weighted by Gasteiger charge is 2.20. The number of rotatable bonds is 15. The molecule has 0 bridgehead atoms. The number of hydrazine groups is 1. The van der Waals surface area contributed by atoms with Crippen molar-refractivity contribution in [2.24, 2.45) is 5.92 Å². The quantitative estimate of drug-likeness (QED) is 0.0654. The van der Waals surface area contributed by atoms with E-state index < -0.39 is 17.0 Å². The molecule has 2 amide bonds. The average Bonchev–Trinajstić information content (AvgIpc) is 3.24. The summed E-state index contributed by atoms with van der Waals surface area (Å²) in [6.07, 6.45) is 2.27. The van der Waals surface area contributed by atoms with Crippen LogP contribution in [0.3, 0.4) is 0 Å². The van der Waals surface area contributed by atoms with Gasteiger partial charge in [0.05, 0.1) is 0 Å². The molecular weight excluding hydrogens is 436 g/mol. The van der Waals surface area contributed by atoms with Crippen LogP contribution in [0.25, 0.3) is 0 Å². The molecule has 12 heteroatoms. The van der Waals surface area contributed by atoms with Crippen LogP contribution in [-0.2, 0) is 9.59 Å². The third kappa shape index (κ3) is 12.0. The minimum absolute atomic E-state index is 0.0149. The summed E-state index contributed by atoms with van der Waals surface area (Å²) in [5.41, 5.74) is 2.33. The van der Waals surface area contributed by atoms with E-state index in [0.29, 0.717) is 37.3 Å². The lowest BCUT2D eigenvalue weighted by atomic mass is 10.1. The number of nitrogens with zero attached hydrogens (tertiary/aromatic N) is 1. The first kappa shape index (κ1) is 27.0. The highest BCUT2D eigenvalue weighted by atomic mass is 32.1. The van der Waals surface area contributed by atoms with E-state index in [1.807, 2.05) is 19.2 Å². The molecule has 178 valence electrons. The maximum atomic E-state index is 12.5. The molecule has 0 spiro atoms. The SMILES string of the molecule is CC(C)CCNC(=O)[C@H](CCCNC(=N)N[N+](=O)[O-])NC(=O)CCCC(=O)c1ccsc1. The van der Waals surface area contributed by atoms with Crippen LogP contribution in [0.2, 0.25) is 0 Å². The van der Waals surface area contributed by atoms with Crippen LogP contribution in [0.4, 0.5) is 0 Å². The molecule has 0 saturated carbocycles. The lowest BCUT2D eigenvalue weighted by Crippen LogP contribution is -2.47. The topological polar surface area (TPSA) is 166 Å². The highest BCUT2D eigenvalue weighted by molar-refractivity contribution is 7.08. The first-order valence-corrected chi connectivity index (χ1v) is 11.5. The maximum Gasteiger partial charge on any atom is 0.251 e. The Morgan fingerprint density at radius 3 is 2.50 bits per heavy atom. The van der Waals surface area contributed by atoms with Crippen LogP contribution >= 0.6 is 11.3 Å². The molecule has 0 aliphatic heterocycles. The van der Waals surface area contributed by atoms with Crippen molar-refractivity contribution in [1.29, 1.82) is 5.41 Å². The molecule has 0 aromatic carbocycles. The van der Waals surface area contributed by atoms with Crippen LogP contribution < -0.4 is 21.4 Å². The zero-order valence-electron chi connectivity index (χ0n) is 18.4. The summed E-state index contributed by atoms with van der Waals surface area (Å²) in [5, 5.41) is 28.5. The molecule has 0 unspecified atom stereocenters. The van der Waals surface area contributed by atoms with E-state index in [4.69, 9.17) is 5.41 Å². The third-order valence-corrected chi connectivity index (χ3v) is 5.18. The summed E-state index contributed by atoms with van der Waals surface area (Å²) in [7, 11) is 0. The molecular formula is C20H32N6O5S. The van der Waals surface area contributed by atoms with Gasteiger partial charge in [-0.25, -0.2) is 10.1 Å². The molecule has 32 heavy (non-hydrogen) atoms. The van der Waals surface area contributed by atoms with Crippen LogP contribution in [0.15, 0.2) is 16.8 Å². The molecule has 0 fully saturated rings. The van der Waals surface area contributed by atoms with E-state index in [1.54, 1.807) is 16.9 Å². The fraction of sp³-hybridized carbons (Fsp3) is 0.600. The smallest absolute Gasteiger partial charge is 0.251 e. The Balaban J connectivity index is 2.48. The van der Waals surface area contributed by atoms with Crippen molar-refractivity contribution < 1.29 is 19.4 Å². The van der Waals surface area contributed by atoms with Crippen molar-refractivity contribution in [1.82, 2.24) is 21.4 Å². The number of nitro groups is 1. The highest BCUT2D eigenvalue weighted by Crippen LogP contribution is 2.11. The molecule has 1 rings (SSSR count). The summed E-state index contributed by atoms with van der Waals surface area (Å²) in [6.45, 7) is 4.80. The lowest BCUT2D eigenvalue weighted by molar-refractivity contribution is -0.525. The number of ketones is 1. The van der Waals surface area contributed by atoms with Gasteiger partial charge >= 0.3 is 0 Å². The van der Waals surface area contributed by atoms with Crippen LogP contribution in [0, 0.1) is 21.4 Å². The van der Waals surface area contributed by atoms with E-state index >= 15 is 0 Å².